The third-order valence-corrected chi connectivity index (χ3v) is 8.37. The molecule has 6 N–H and O–H groups in total. The predicted octanol–water partition coefficient (Wildman–Crippen LogP) is 5.02. The summed E-state index contributed by atoms with van der Waals surface area (Å²) in [5, 5.41) is 22.0. The average molecular weight is 676 g/mol. The van der Waals surface area contributed by atoms with Gasteiger partial charge in [0.25, 0.3) is 0 Å². The van der Waals surface area contributed by atoms with Crippen LogP contribution in [0.1, 0.15) is 75.6 Å². The van der Waals surface area contributed by atoms with Gasteiger partial charge >= 0.3 is 0 Å². The first-order valence-electron chi connectivity index (χ1n) is 16.3. The summed E-state index contributed by atoms with van der Waals surface area (Å²) in [6.45, 7) is 10.2. The van der Waals surface area contributed by atoms with E-state index in [1.165, 1.54) is 11.3 Å². The standard InChI is InChI=1S/C36H49N7O4S/c1-35(2,3)47-33-32(46-33)41-36(4,5)26-16-12-15-25(21-26)23-30(45)40-34-43-42-31(48-34)18-11-10-17-27(37)19-20-28(38-6)39-29(44)22-24-13-8-7-9-14-24/h7-9,12-16,19-21,32-33,38,41H,10-11,17-18,22-23,37H2,1-6H3,(H,39,44)(H,40,43,45)/b27-19-,28-20+. The first-order chi connectivity index (χ1) is 22.8. The molecule has 1 saturated heterocycles. The van der Waals surface area contributed by atoms with Crippen LogP contribution in [0.25, 0.3) is 0 Å². The van der Waals surface area contributed by atoms with Crippen molar-refractivity contribution < 1.29 is 19.1 Å². The van der Waals surface area contributed by atoms with Crippen molar-refractivity contribution >= 4 is 28.3 Å². The summed E-state index contributed by atoms with van der Waals surface area (Å²) in [6.07, 6.45) is 6.84. The number of epoxide rings is 1. The Morgan fingerprint density at radius 2 is 1.69 bits per heavy atom. The van der Waals surface area contributed by atoms with Gasteiger partial charge in [0, 0.05) is 24.7 Å². The number of benzene rings is 2. The molecule has 2 aromatic carbocycles. The topological polar surface area (TPSA) is 156 Å². The SMILES string of the molecule is CN/C(=C\C=C(/N)CCCCc1nnc(NC(=O)Cc2cccc(C(C)(C)NC3OC3OC(C)(C)C)c2)s1)NC(=O)Cc1ccccc1. The number of carbonyl (C=O) groups is 2. The van der Waals surface area contributed by atoms with Gasteiger partial charge in [-0.3, -0.25) is 14.9 Å². The molecule has 2 heterocycles. The summed E-state index contributed by atoms with van der Waals surface area (Å²) in [6, 6.07) is 17.6. The van der Waals surface area contributed by atoms with Gasteiger partial charge in [-0.15, -0.1) is 10.2 Å². The molecule has 12 heteroatoms. The Labute approximate surface area is 287 Å². The predicted molar refractivity (Wildman–Crippen MR) is 190 cm³/mol. The molecule has 0 aliphatic carbocycles. The third-order valence-electron chi connectivity index (χ3n) is 7.47. The lowest BCUT2D eigenvalue weighted by Crippen LogP contribution is -2.40. The van der Waals surface area contributed by atoms with Crippen LogP contribution in [0.2, 0.25) is 0 Å². The second kappa shape index (κ2) is 16.8. The maximum absolute atomic E-state index is 12.8. The average Bonchev–Trinajstić information content (AvgIpc) is 3.55. The van der Waals surface area contributed by atoms with Gasteiger partial charge in [-0.25, -0.2) is 0 Å². The highest BCUT2D eigenvalue weighted by molar-refractivity contribution is 7.15. The summed E-state index contributed by atoms with van der Waals surface area (Å²) in [5.74, 6) is 0.334. The number of hydrogen-bond acceptors (Lipinski definition) is 10. The van der Waals surface area contributed by atoms with E-state index in [0.29, 0.717) is 29.5 Å². The van der Waals surface area contributed by atoms with Crippen molar-refractivity contribution in [2.75, 3.05) is 12.4 Å². The van der Waals surface area contributed by atoms with Crippen LogP contribution in [-0.4, -0.2) is 47.2 Å². The van der Waals surface area contributed by atoms with Gasteiger partial charge in [0.15, 0.2) is 12.5 Å². The van der Waals surface area contributed by atoms with E-state index >= 15 is 0 Å². The zero-order valence-electron chi connectivity index (χ0n) is 28.8. The molecule has 11 nitrogen and oxygen atoms in total. The fraction of sp³-hybridized carbons (Fsp3) is 0.444. The van der Waals surface area contributed by atoms with Crippen molar-refractivity contribution in [1.29, 1.82) is 0 Å². The fourth-order valence-corrected chi connectivity index (χ4v) is 5.74. The Morgan fingerprint density at radius 3 is 2.42 bits per heavy atom. The first kappa shape index (κ1) is 36.7. The number of ether oxygens (including phenoxy) is 2. The molecule has 0 bridgehead atoms. The minimum absolute atomic E-state index is 0.103. The molecule has 1 aliphatic rings. The molecule has 1 fully saturated rings. The fourth-order valence-electron chi connectivity index (χ4n) is 4.94. The largest absolute Gasteiger partial charge is 0.402 e. The van der Waals surface area contributed by atoms with Gasteiger partial charge in [0.1, 0.15) is 10.8 Å². The summed E-state index contributed by atoms with van der Waals surface area (Å²) in [5.41, 5.74) is 9.17. The minimum Gasteiger partial charge on any atom is -0.402 e. The highest BCUT2D eigenvalue weighted by Crippen LogP contribution is 2.31. The molecule has 0 saturated carbocycles. The second-order valence-corrected chi connectivity index (χ2v) is 14.4. The zero-order chi connectivity index (χ0) is 34.7. The van der Waals surface area contributed by atoms with E-state index in [4.69, 9.17) is 15.2 Å². The Morgan fingerprint density at radius 1 is 0.958 bits per heavy atom. The Bertz CT molecular complexity index is 1580. The highest BCUT2D eigenvalue weighted by atomic mass is 32.1. The Hall–Kier alpha value is -4.10. The number of rotatable bonds is 17. The van der Waals surface area contributed by atoms with Gasteiger partial charge in [-0.05, 0) is 82.7 Å². The maximum atomic E-state index is 12.8. The molecule has 2 unspecified atom stereocenters. The van der Waals surface area contributed by atoms with Crippen molar-refractivity contribution in [2.45, 2.75) is 96.8 Å². The molecule has 1 aromatic heterocycles. The van der Waals surface area contributed by atoms with Crippen LogP contribution >= 0.6 is 11.3 Å². The molecule has 2 amide bonds. The number of hydrogen-bond donors (Lipinski definition) is 5. The van der Waals surface area contributed by atoms with Crippen molar-refractivity contribution in [3.8, 4) is 0 Å². The lowest BCUT2D eigenvalue weighted by atomic mass is 9.92. The normalized spacial score (nSPS) is 16.8. The number of nitrogens with one attached hydrogen (secondary N) is 4. The number of carbonyl (C=O) groups excluding carboxylic acids is 2. The lowest BCUT2D eigenvalue weighted by Gasteiger charge is -2.27. The molecule has 4 rings (SSSR count). The van der Waals surface area contributed by atoms with Crippen molar-refractivity contribution in [3.05, 3.63) is 100.0 Å². The number of aromatic nitrogens is 2. The Kier molecular flexibility index (Phi) is 12.9. The van der Waals surface area contributed by atoms with Crippen LogP contribution in [0, 0.1) is 0 Å². The van der Waals surface area contributed by atoms with Crippen LogP contribution in [0.4, 0.5) is 5.13 Å². The first-order valence-corrected chi connectivity index (χ1v) is 17.1. The molecular formula is C36H49N7O4S. The van der Waals surface area contributed by atoms with Crippen molar-refractivity contribution in [1.82, 2.24) is 26.1 Å². The van der Waals surface area contributed by atoms with Crippen molar-refractivity contribution in [3.63, 3.8) is 0 Å². The van der Waals surface area contributed by atoms with E-state index in [9.17, 15) is 9.59 Å². The third kappa shape index (κ3) is 12.5. The quantitative estimate of drug-likeness (QED) is 0.0754. The van der Waals surface area contributed by atoms with E-state index < -0.39 is 0 Å². The van der Waals surface area contributed by atoms with E-state index in [2.05, 4.69) is 45.3 Å². The van der Waals surface area contributed by atoms with Gasteiger partial charge in [0.2, 0.25) is 16.9 Å². The molecule has 2 atom stereocenters. The Balaban J connectivity index is 1.17. The molecule has 0 spiro atoms. The number of anilines is 1. The number of nitrogens with zero attached hydrogens (tertiary/aromatic N) is 2. The number of amides is 2. The van der Waals surface area contributed by atoms with Gasteiger partial charge < -0.3 is 31.2 Å². The number of aryl methyl sites for hydroxylation is 1. The minimum atomic E-state index is -0.381. The van der Waals surface area contributed by atoms with Crippen molar-refractivity contribution in [2.24, 2.45) is 5.73 Å². The summed E-state index contributed by atoms with van der Waals surface area (Å²) >= 11 is 1.39. The highest BCUT2D eigenvalue weighted by Gasteiger charge is 2.45. The van der Waals surface area contributed by atoms with E-state index in [0.717, 1.165) is 41.0 Å². The van der Waals surface area contributed by atoms with Gasteiger partial charge in [-0.2, -0.15) is 0 Å². The van der Waals surface area contributed by atoms with Crippen LogP contribution in [-0.2, 0) is 43.9 Å². The second-order valence-electron chi connectivity index (χ2n) is 13.3. The number of allylic oxidation sites excluding steroid dienone is 3. The molecule has 48 heavy (non-hydrogen) atoms. The lowest BCUT2D eigenvalue weighted by molar-refractivity contribution is -0.120. The molecule has 1 aliphatic heterocycles. The molecular weight excluding hydrogens is 627 g/mol. The van der Waals surface area contributed by atoms with E-state index in [1.807, 2.05) is 75.4 Å². The van der Waals surface area contributed by atoms with Gasteiger partial charge in [0.05, 0.1) is 18.4 Å². The van der Waals surface area contributed by atoms with Crippen LogP contribution in [0.5, 0.6) is 0 Å². The van der Waals surface area contributed by atoms with Crippen LogP contribution in [0.3, 0.4) is 0 Å². The van der Waals surface area contributed by atoms with Gasteiger partial charge in [-0.1, -0.05) is 65.9 Å². The summed E-state index contributed by atoms with van der Waals surface area (Å²) < 4.78 is 11.6. The number of nitrogens with two attached hydrogens (primary N) is 1. The zero-order valence-corrected chi connectivity index (χ0v) is 29.6. The molecule has 258 valence electrons. The smallest absolute Gasteiger partial charge is 0.230 e. The van der Waals surface area contributed by atoms with E-state index in [-0.39, 0.29) is 41.9 Å². The van der Waals surface area contributed by atoms with Crippen LogP contribution < -0.4 is 27.0 Å². The summed E-state index contributed by atoms with van der Waals surface area (Å²) in [7, 11) is 1.75. The summed E-state index contributed by atoms with van der Waals surface area (Å²) in [4.78, 5) is 25.2. The number of unbranched alkanes of at least 4 members (excludes halogenated alkanes) is 1. The van der Waals surface area contributed by atoms with Crippen LogP contribution in [0.15, 0.2) is 78.3 Å². The molecule has 3 aromatic rings. The molecule has 0 radical (unpaired) electrons. The monoisotopic (exact) mass is 675 g/mol. The maximum Gasteiger partial charge on any atom is 0.230 e. The van der Waals surface area contributed by atoms with E-state index in [1.54, 1.807) is 19.2 Å².